The maximum atomic E-state index is 8.98. The standard InChI is InChI=1S/C15H27N3O/c1-5-18(10-7-11-19)14-13(8-6-9-16-14)12-17-15(2,3)4/h6,8-9,17,19H,5,7,10-12H2,1-4H3. The molecule has 0 atom stereocenters. The maximum Gasteiger partial charge on any atom is 0.132 e. The average Bonchev–Trinajstić information content (AvgIpc) is 2.37. The minimum absolute atomic E-state index is 0.0925. The summed E-state index contributed by atoms with van der Waals surface area (Å²) in [6.07, 6.45) is 2.61. The highest BCUT2D eigenvalue weighted by molar-refractivity contribution is 5.46. The van der Waals surface area contributed by atoms with E-state index in [-0.39, 0.29) is 12.1 Å². The molecule has 0 aliphatic rings. The first-order valence-electron chi connectivity index (χ1n) is 7.02. The van der Waals surface area contributed by atoms with Crippen LogP contribution in [0.5, 0.6) is 0 Å². The van der Waals surface area contributed by atoms with Crippen LogP contribution in [0.25, 0.3) is 0 Å². The summed E-state index contributed by atoms with van der Waals surface area (Å²) in [7, 11) is 0. The molecule has 0 radical (unpaired) electrons. The van der Waals surface area contributed by atoms with E-state index in [0.717, 1.165) is 31.9 Å². The molecule has 19 heavy (non-hydrogen) atoms. The van der Waals surface area contributed by atoms with Crippen molar-refractivity contribution in [3.63, 3.8) is 0 Å². The second kappa shape index (κ2) is 7.46. The summed E-state index contributed by atoms with van der Waals surface area (Å²) in [6.45, 7) is 11.4. The van der Waals surface area contributed by atoms with Crippen molar-refractivity contribution in [1.29, 1.82) is 0 Å². The van der Waals surface area contributed by atoms with Crippen LogP contribution >= 0.6 is 0 Å². The number of nitrogens with one attached hydrogen (secondary N) is 1. The smallest absolute Gasteiger partial charge is 0.132 e. The van der Waals surface area contributed by atoms with Gasteiger partial charge in [0.05, 0.1) is 0 Å². The number of rotatable bonds is 7. The lowest BCUT2D eigenvalue weighted by Crippen LogP contribution is -2.36. The zero-order chi connectivity index (χ0) is 14.3. The molecule has 4 heteroatoms. The summed E-state index contributed by atoms with van der Waals surface area (Å²) in [5, 5.41) is 12.5. The van der Waals surface area contributed by atoms with Gasteiger partial charge in [0, 0.05) is 43.5 Å². The van der Waals surface area contributed by atoms with E-state index in [9.17, 15) is 0 Å². The molecule has 0 aliphatic carbocycles. The third-order valence-corrected chi connectivity index (χ3v) is 2.94. The van der Waals surface area contributed by atoms with Gasteiger partial charge in [-0.1, -0.05) is 6.07 Å². The van der Waals surface area contributed by atoms with Crippen molar-refractivity contribution in [2.75, 3.05) is 24.6 Å². The van der Waals surface area contributed by atoms with Gasteiger partial charge in [0.15, 0.2) is 0 Å². The summed E-state index contributed by atoms with van der Waals surface area (Å²) >= 11 is 0. The van der Waals surface area contributed by atoms with E-state index in [4.69, 9.17) is 5.11 Å². The second-order valence-corrected chi connectivity index (χ2v) is 5.75. The first kappa shape index (κ1) is 15.9. The number of hydrogen-bond donors (Lipinski definition) is 2. The number of pyridine rings is 1. The normalized spacial score (nSPS) is 11.6. The Hall–Kier alpha value is -1.13. The van der Waals surface area contributed by atoms with E-state index in [1.54, 1.807) is 0 Å². The highest BCUT2D eigenvalue weighted by Crippen LogP contribution is 2.18. The van der Waals surface area contributed by atoms with Crippen LogP contribution < -0.4 is 10.2 Å². The van der Waals surface area contributed by atoms with Gasteiger partial charge in [0.2, 0.25) is 0 Å². The summed E-state index contributed by atoms with van der Waals surface area (Å²) in [5.74, 6) is 1.02. The number of aromatic nitrogens is 1. The summed E-state index contributed by atoms with van der Waals surface area (Å²) in [4.78, 5) is 6.73. The Kier molecular flexibility index (Phi) is 6.25. The summed E-state index contributed by atoms with van der Waals surface area (Å²) < 4.78 is 0. The van der Waals surface area contributed by atoms with Crippen molar-refractivity contribution in [1.82, 2.24) is 10.3 Å². The molecule has 0 unspecified atom stereocenters. The Morgan fingerprint density at radius 1 is 1.37 bits per heavy atom. The zero-order valence-electron chi connectivity index (χ0n) is 12.6. The lowest BCUT2D eigenvalue weighted by molar-refractivity contribution is 0.289. The van der Waals surface area contributed by atoms with Crippen molar-refractivity contribution in [2.45, 2.75) is 46.2 Å². The number of hydrogen-bond acceptors (Lipinski definition) is 4. The Balaban J connectivity index is 2.81. The van der Waals surface area contributed by atoms with Crippen molar-refractivity contribution in [3.8, 4) is 0 Å². The Morgan fingerprint density at radius 3 is 2.68 bits per heavy atom. The number of anilines is 1. The van der Waals surface area contributed by atoms with Crippen LogP contribution in [0.4, 0.5) is 5.82 Å². The number of aliphatic hydroxyl groups excluding tert-OH is 1. The van der Waals surface area contributed by atoms with Crippen LogP contribution in [0.2, 0.25) is 0 Å². The van der Waals surface area contributed by atoms with Crippen molar-refractivity contribution in [3.05, 3.63) is 23.9 Å². The lowest BCUT2D eigenvalue weighted by Gasteiger charge is -2.26. The molecule has 4 nitrogen and oxygen atoms in total. The van der Waals surface area contributed by atoms with Crippen LogP contribution in [0, 0.1) is 0 Å². The van der Waals surface area contributed by atoms with E-state index < -0.39 is 0 Å². The molecule has 2 N–H and O–H groups in total. The maximum absolute atomic E-state index is 8.98. The second-order valence-electron chi connectivity index (χ2n) is 5.75. The molecule has 0 fully saturated rings. The first-order valence-corrected chi connectivity index (χ1v) is 7.02. The van der Waals surface area contributed by atoms with Crippen LogP contribution in [0.3, 0.4) is 0 Å². The fraction of sp³-hybridized carbons (Fsp3) is 0.667. The fourth-order valence-corrected chi connectivity index (χ4v) is 1.89. The predicted molar refractivity (Wildman–Crippen MR) is 80.4 cm³/mol. The lowest BCUT2D eigenvalue weighted by atomic mass is 10.1. The Morgan fingerprint density at radius 2 is 2.11 bits per heavy atom. The molecule has 0 aromatic carbocycles. The summed E-state index contributed by atoms with van der Waals surface area (Å²) in [6, 6.07) is 4.09. The molecular formula is C15H27N3O. The van der Waals surface area contributed by atoms with Crippen LogP contribution in [-0.2, 0) is 6.54 Å². The molecule has 0 saturated carbocycles. The SMILES string of the molecule is CCN(CCCO)c1ncccc1CNC(C)(C)C. The highest BCUT2D eigenvalue weighted by atomic mass is 16.3. The molecule has 0 amide bonds. The van der Waals surface area contributed by atoms with Gasteiger partial charge in [-0.25, -0.2) is 4.98 Å². The molecular weight excluding hydrogens is 238 g/mol. The van der Waals surface area contributed by atoms with Crippen LogP contribution in [0.15, 0.2) is 18.3 Å². The molecule has 1 aromatic heterocycles. The van der Waals surface area contributed by atoms with Gasteiger partial charge >= 0.3 is 0 Å². The van der Waals surface area contributed by atoms with E-state index >= 15 is 0 Å². The third-order valence-electron chi connectivity index (χ3n) is 2.94. The zero-order valence-corrected chi connectivity index (χ0v) is 12.6. The van der Waals surface area contributed by atoms with E-state index in [1.807, 2.05) is 12.3 Å². The van der Waals surface area contributed by atoms with Gasteiger partial charge in [0.1, 0.15) is 5.82 Å². The van der Waals surface area contributed by atoms with Crippen molar-refractivity contribution >= 4 is 5.82 Å². The third kappa shape index (κ3) is 5.57. The molecule has 0 bridgehead atoms. The number of nitrogens with zero attached hydrogens (tertiary/aromatic N) is 2. The predicted octanol–water partition coefficient (Wildman–Crippen LogP) is 2.18. The fourth-order valence-electron chi connectivity index (χ4n) is 1.89. The van der Waals surface area contributed by atoms with Crippen LogP contribution in [-0.4, -0.2) is 35.3 Å². The average molecular weight is 265 g/mol. The van der Waals surface area contributed by atoms with E-state index in [2.05, 4.69) is 49.0 Å². The quantitative estimate of drug-likeness (QED) is 0.793. The van der Waals surface area contributed by atoms with Gasteiger partial charge in [-0.05, 0) is 40.2 Å². The van der Waals surface area contributed by atoms with Gasteiger partial charge < -0.3 is 15.3 Å². The number of aliphatic hydroxyl groups is 1. The van der Waals surface area contributed by atoms with Gasteiger partial charge in [-0.3, -0.25) is 0 Å². The largest absolute Gasteiger partial charge is 0.396 e. The van der Waals surface area contributed by atoms with Gasteiger partial charge in [0.25, 0.3) is 0 Å². The molecule has 1 rings (SSSR count). The van der Waals surface area contributed by atoms with Crippen molar-refractivity contribution in [2.24, 2.45) is 0 Å². The van der Waals surface area contributed by atoms with Gasteiger partial charge in [-0.2, -0.15) is 0 Å². The van der Waals surface area contributed by atoms with E-state index in [1.165, 1.54) is 5.56 Å². The minimum atomic E-state index is 0.0925. The van der Waals surface area contributed by atoms with Crippen molar-refractivity contribution < 1.29 is 5.11 Å². The molecule has 1 aromatic rings. The molecule has 1 heterocycles. The molecule has 0 spiro atoms. The first-order chi connectivity index (χ1) is 8.98. The van der Waals surface area contributed by atoms with Gasteiger partial charge in [-0.15, -0.1) is 0 Å². The molecule has 108 valence electrons. The topological polar surface area (TPSA) is 48.4 Å². The molecule has 0 aliphatic heterocycles. The van der Waals surface area contributed by atoms with E-state index in [0.29, 0.717) is 0 Å². The minimum Gasteiger partial charge on any atom is -0.396 e. The Labute approximate surface area is 116 Å². The summed E-state index contributed by atoms with van der Waals surface area (Å²) in [5.41, 5.74) is 1.30. The highest BCUT2D eigenvalue weighted by Gasteiger charge is 2.13. The Bertz CT molecular complexity index is 374. The molecule has 0 saturated heterocycles. The van der Waals surface area contributed by atoms with Crippen LogP contribution in [0.1, 0.15) is 39.7 Å². The monoisotopic (exact) mass is 265 g/mol.